The van der Waals surface area contributed by atoms with Crippen LogP contribution in [-0.4, -0.2) is 17.2 Å². The van der Waals surface area contributed by atoms with Crippen LogP contribution >= 0.6 is 27.3 Å². The molecule has 0 fully saturated rings. The van der Waals surface area contributed by atoms with Gasteiger partial charge in [-0.3, -0.25) is 4.79 Å². The fourth-order valence-corrected chi connectivity index (χ4v) is 3.32. The molecule has 0 atom stereocenters. The Kier molecular flexibility index (Phi) is 4.22. The number of phenolic OH excluding ortho intramolecular Hbond substituents is 1. The monoisotopic (exact) mass is 374 g/mol. The highest BCUT2D eigenvalue weighted by molar-refractivity contribution is 9.10. The van der Waals surface area contributed by atoms with Crippen molar-refractivity contribution in [2.75, 3.05) is 0 Å². The van der Waals surface area contributed by atoms with Crippen LogP contribution < -0.4 is 5.43 Å². The van der Waals surface area contributed by atoms with Crippen LogP contribution in [0.15, 0.2) is 57.4 Å². The van der Waals surface area contributed by atoms with Gasteiger partial charge in [0.1, 0.15) is 5.75 Å². The fourth-order valence-electron chi connectivity index (χ4n) is 2.00. The van der Waals surface area contributed by atoms with E-state index in [1.807, 2.05) is 29.6 Å². The summed E-state index contributed by atoms with van der Waals surface area (Å²) in [6, 6.07) is 12.7. The fraction of sp³-hybridized carbons (Fsp3) is 0. The molecular weight excluding hydrogens is 364 g/mol. The zero-order valence-corrected chi connectivity index (χ0v) is 13.7. The molecule has 2 aromatic carbocycles. The maximum atomic E-state index is 12.2. The first-order valence-corrected chi connectivity index (χ1v) is 8.10. The van der Waals surface area contributed by atoms with Gasteiger partial charge >= 0.3 is 0 Å². The van der Waals surface area contributed by atoms with E-state index < -0.39 is 0 Å². The number of carbonyl (C=O) groups is 1. The number of amides is 1. The quantitative estimate of drug-likeness (QED) is 0.534. The van der Waals surface area contributed by atoms with E-state index in [0.29, 0.717) is 11.1 Å². The van der Waals surface area contributed by atoms with Crippen LogP contribution in [-0.2, 0) is 0 Å². The van der Waals surface area contributed by atoms with Crippen LogP contribution in [0.25, 0.3) is 10.1 Å². The summed E-state index contributed by atoms with van der Waals surface area (Å²) in [4.78, 5) is 12.2. The van der Waals surface area contributed by atoms with Gasteiger partial charge in [-0.1, -0.05) is 34.1 Å². The average molecular weight is 375 g/mol. The molecule has 0 aliphatic heterocycles. The Balaban J connectivity index is 1.77. The summed E-state index contributed by atoms with van der Waals surface area (Å²) in [7, 11) is 0. The lowest BCUT2D eigenvalue weighted by atomic mass is 10.2. The number of nitrogens with one attached hydrogen (secondary N) is 1. The van der Waals surface area contributed by atoms with E-state index in [0.717, 1.165) is 14.6 Å². The number of halogens is 1. The number of carbonyl (C=O) groups excluding carboxylic acids is 1. The SMILES string of the molecule is O=C(N/N=C/c1cc(Br)ccc1O)c1csc2ccccc12. The molecule has 0 spiro atoms. The Hall–Kier alpha value is -2.18. The first-order valence-electron chi connectivity index (χ1n) is 6.43. The average Bonchev–Trinajstić information content (AvgIpc) is 2.94. The van der Waals surface area contributed by atoms with Crippen LogP contribution in [0.5, 0.6) is 5.75 Å². The Morgan fingerprint density at radius 2 is 2.09 bits per heavy atom. The van der Waals surface area contributed by atoms with Crippen molar-refractivity contribution in [2.45, 2.75) is 0 Å². The summed E-state index contributed by atoms with van der Waals surface area (Å²) in [5, 5.41) is 16.3. The highest BCUT2D eigenvalue weighted by atomic mass is 79.9. The number of nitrogens with zero attached hydrogens (tertiary/aromatic N) is 1. The molecule has 0 aliphatic rings. The lowest BCUT2D eigenvalue weighted by molar-refractivity contribution is 0.0957. The van der Waals surface area contributed by atoms with Crippen LogP contribution in [0, 0.1) is 0 Å². The number of phenols is 1. The Morgan fingerprint density at radius 3 is 2.95 bits per heavy atom. The lowest BCUT2D eigenvalue weighted by Gasteiger charge is -2.00. The molecule has 1 amide bonds. The smallest absolute Gasteiger partial charge is 0.272 e. The molecule has 4 nitrogen and oxygen atoms in total. The summed E-state index contributed by atoms with van der Waals surface area (Å²) < 4.78 is 1.88. The van der Waals surface area contributed by atoms with E-state index in [9.17, 15) is 9.90 Å². The van der Waals surface area contributed by atoms with E-state index in [1.165, 1.54) is 17.6 Å². The second-order valence-electron chi connectivity index (χ2n) is 4.55. The second kappa shape index (κ2) is 6.29. The number of fused-ring (bicyclic) bond motifs is 1. The van der Waals surface area contributed by atoms with Crippen LogP contribution in [0.1, 0.15) is 15.9 Å². The zero-order valence-electron chi connectivity index (χ0n) is 11.3. The third kappa shape index (κ3) is 3.03. The zero-order chi connectivity index (χ0) is 15.5. The van der Waals surface area contributed by atoms with Crippen LogP contribution in [0.4, 0.5) is 0 Å². The molecule has 0 saturated carbocycles. The normalized spacial score (nSPS) is 11.1. The van der Waals surface area contributed by atoms with Crippen molar-refractivity contribution in [3.63, 3.8) is 0 Å². The molecule has 0 saturated heterocycles. The molecule has 2 N–H and O–H groups in total. The summed E-state index contributed by atoms with van der Waals surface area (Å²) in [6.07, 6.45) is 1.41. The molecule has 6 heteroatoms. The largest absolute Gasteiger partial charge is 0.507 e. The van der Waals surface area contributed by atoms with Gasteiger partial charge in [0.15, 0.2) is 0 Å². The van der Waals surface area contributed by atoms with Gasteiger partial charge in [0, 0.05) is 25.5 Å². The first kappa shape index (κ1) is 14.7. The van der Waals surface area contributed by atoms with Gasteiger partial charge in [-0.15, -0.1) is 11.3 Å². The van der Waals surface area contributed by atoms with Gasteiger partial charge in [-0.2, -0.15) is 5.10 Å². The standard InChI is InChI=1S/C16H11BrN2O2S/c17-11-5-6-14(20)10(7-11)8-18-19-16(21)13-9-22-15-4-2-1-3-12(13)15/h1-9,20H,(H,19,21)/b18-8+. The van der Waals surface area contributed by atoms with Gasteiger partial charge in [0.05, 0.1) is 11.8 Å². The molecule has 0 unspecified atom stereocenters. The molecule has 3 aromatic rings. The van der Waals surface area contributed by atoms with Gasteiger partial charge in [0.25, 0.3) is 5.91 Å². The van der Waals surface area contributed by atoms with Crippen LogP contribution in [0.3, 0.4) is 0 Å². The van der Waals surface area contributed by atoms with E-state index in [2.05, 4.69) is 26.5 Å². The number of aromatic hydroxyl groups is 1. The topological polar surface area (TPSA) is 61.7 Å². The minimum absolute atomic E-state index is 0.0992. The summed E-state index contributed by atoms with van der Waals surface area (Å²) in [5.41, 5.74) is 3.60. The van der Waals surface area contributed by atoms with E-state index in [-0.39, 0.29) is 11.7 Å². The number of rotatable bonds is 3. The van der Waals surface area contributed by atoms with Crippen molar-refractivity contribution >= 4 is 49.5 Å². The van der Waals surface area contributed by atoms with Gasteiger partial charge in [-0.05, 0) is 24.3 Å². The summed E-state index contributed by atoms with van der Waals surface area (Å²) >= 11 is 4.83. The highest BCUT2D eigenvalue weighted by Crippen LogP contribution is 2.25. The van der Waals surface area contributed by atoms with Gasteiger partial charge in [-0.25, -0.2) is 5.43 Å². The number of hydrogen-bond donors (Lipinski definition) is 2. The molecular formula is C16H11BrN2O2S. The second-order valence-corrected chi connectivity index (χ2v) is 6.37. The minimum atomic E-state index is -0.275. The molecule has 110 valence electrons. The third-order valence-corrected chi connectivity index (χ3v) is 4.54. The Bertz CT molecular complexity index is 873. The van der Waals surface area contributed by atoms with E-state index >= 15 is 0 Å². The number of benzene rings is 2. The van der Waals surface area contributed by atoms with Gasteiger partial charge < -0.3 is 5.11 Å². The minimum Gasteiger partial charge on any atom is -0.507 e. The molecule has 1 aromatic heterocycles. The summed E-state index contributed by atoms with van der Waals surface area (Å²) in [6.45, 7) is 0. The predicted molar refractivity (Wildman–Crippen MR) is 92.7 cm³/mol. The van der Waals surface area contributed by atoms with Crippen molar-refractivity contribution in [3.05, 3.63) is 63.4 Å². The van der Waals surface area contributed by atoms with Crippen molar-refractivity contribution in [2.24, 2.45) is 5.10 Å². The van der Waals surface area contributed by atoms with Crippen molar-refractivity contribution < 1.29 is 9.90 Å². The molecule has 0 bridgehead atoms. The number of thiophene rings is 1. The van der Waals surface area contributed by atoms with Gasteiger partial charge in [0.2, 0.25) is 0 Å². The number of hydrazone groups is 1. The predicted octanol–water partition coefficient (Wildman–Crippen LogP) is 4.13. The van der Waals surface area contributed by atoms with Crippen molar-refractivity contribution in [1.82, 2.24) is 5.43 Å². The maximum Gasteiger partial charge on any atom is 0.272 e. The van der Waals surface area contributed by atoms with Crippen molar-refractivity contribution in [1.29, 1.82) is 0 Å². The molecule has 0 aliphatic carbocycles. The third-order valence-electron chi connectivity index (χ3n) is 3.08. The lowest BCUT2D eigenvalue weighted by Crippen LogP contribution is -2.17. The molecule has 22 heavy (non-hydrogen) atoms. The van der Waals surface area contributed by atoms with Crippen LogP contribution in [0.2, 0.25) is 0 Å². The molecule has 0 radical (unpaired) electrons. The van der Waals surface area contributed by atoms with E-state index in [1.54, 1.807) is 18.2 Å². The maximum absolute atomic E-state index is 12.2. The molecule has 1 heterocycles. The van der Waals surface area contributed by atoms with E-state index in [4.69, 9.17) is 0 Å². The van der Waals surface area contributed by atoms with Crippen molar-refractivity contribution in [3.8, 4) is 5.75 Å². The Labute approximate surface area is 139 Å². The number of hydrogen-bond acceptors (Lipinski definition) is 4. The first-order chi connectivity index (χ1) is 10.6. The highest BCUT2D eigenvalue weighted by Gasteiger charge is 2.10. The Morgan fingerprint density at radius 1 is 1.27 bits per heavy atom. The summed E-state index contributed by atoms with van der Waals surface area (Å²) in [5.74, 6) is -0.176. The molecule has 3 rings (SSSR count).